The first-order valence-electron chi connectivity index (χ1n) is 6.04. The van der Waals surface area contributed by atoms with E-state index in [4.69, 9.17) is 5.11 Å². The van der Waals surface area contributed by atoms with E-state index in [9.17, 15) is 19.7 Å². The van der Waals surface area contributed by atoms with Crippen LogP contribution in [0.15, 0.2) is 24.3 Å². The second kappa shape index (κ2) is 5.20. The summed E-state index contributed by atoms with van der Waals surface area (Å²) in [6, 6.07) is 5.34. The fraction of sp³-hybridized carbons (Fsp3) is 0.143. The summed E-state index contributed by atoms with van der Waals surface area (Å²) in [5, 5.41) is 19.8. The maximum absolute atomic E-state index is 12.5. The first kappa shape index (κ1) is 14.4. The molecule has 0 aliphatic heterocycles. The quantitative estimate of drug-likeness (QED) is 0.509. The van der Waals surface area contributed by atoms with Crippen LogP contribution in [0.3, 0.4) is 0 Å². The number of nitro benzene ring substituents is 1. The third-order valence-electron chi connectivity index (χ3n) is 3.20. The van der Waals surface area contributed by atoms with Gasteiger partial charge in [0.25, 0.3) is 5.69 Å². The number of hydrogen-bond donors (Lipinski definition) is 2. The second-order valence-electron chi connectivity index (χ2n) is 4.57. The summed E-state index contributed by atoms with van der Waals surface area (Å²) >= 11 is 0. The number of aromatic carboxylic acids is 1. The Bertz CT molecular complexity index is 761. The maximum atomic E-state index is 12.5. The van der Waals surface area contributed by atoms with Crippen LogP contribution in [-0.4, -0.2) is 26.8 Å². The van der Waals surface area contributed by atoms with Crippen molar-refractivity contribution in [1.82, 2.24) is 4.98 Å². The van der Waals surface area contributed by atoms with E-state index in [1.807, 2.05) is 0 Å². The monoisotopic (exact) mass is 288 g/mol. The lowest BCUT2D eigenvalue weighted by atomic mass is 9.99. The predicted octanol–water partition coefficient (Wildman–Crippen LogP) is 2.47. The summed E-state index contributed by atoms with van der Waals surface area (Å²) < 4.78 is 0. The molecule has 0 spiro atoms. The van der Waals surface area contributed by atoms with Gasteiger partial charge in [-0.15, -0.1) is 0 Å². The number of aromatic amines is 1. The number of nitrogens with zero attached hydrogens (tertiary/aromatic N) is 1. The van der Waals surface area contributed by atoms with Gasteiger partial charge in [-0.05, 0) is 19.4 Å². The normalized spacial score (nSPS) is 10.4. The van der Waals surface area contributed by atoms with Gasteiger partial charge in [0.1, 0.15) is 5.69 Å². The summed E-state index contributed by atoms with van der Waals surface area (Å²) in [4.78, 5) is 36.3. The van der Waals surface area contributed by atoms with Gasteiger partial charge >= 0.3 is 5.97 Å². The van der Waals surface area contributed by atoms with E-state index in [2.05, 4.69) is 4.98 Å². The third-order valence-corrected chi connectivity index (χ3v) is 3.20. The molecule has 0 saturated carbocycles. The lowest BCUT2D eigenvalue weighted by Crippen LogP contribution is -2.05. The van der Waals surface area contributed by atoms with E-state index in [1.54, 1.807) is 6.92 Å². The van der Waals surface area contributed by atoms with Gasteiger partial charge in [0.2, 0.25) is 0 Å². The first-order valence-corrected chi connectivity index (χ1v) is 6.04. The standard InChI is InChI=1S/C14H12N2O5/c1-7-11(8(2)15-12(7)14(18)19)13(17)9-4-3-5-10(6-9)16(20)21/h3-6,15H,1-2H3,(H,18,19). The molecule has 1 aromatic heterocycles. The molecule has 0 amide bonds. The van der Waals surface area contributed by atoms with Crippen LogP contribution >= 0.6 is 0 Å². The molecular formula is C14H12N2O5. The van der Waals surface area contributed by atoms with E-state index < -0.39 is 16.7 Å². The average molecular weight is 288 g/mol. The minimum absolute atomic E-state index is 0.0544. The summed E-state index contributed by atoms with van der Waals surface area (Å²) in [6.07, 6.45) is 0. The van der Waals surface area contributed by atoms with Crippen molar-refractivity contribution in [3.05, 3.63) is 62.5 Å². The summed E-state index contributed by atoms with van der Waals surface area (Å²) in [6.45, 7) is 3.11. The Morgan fingerprint density at radius 2 is 1.95 bits per heavy atom. The molecule has 0 aliphatic carbocycles. The molecule has 0 aliphatic rings. The van der Waals surface area contributed by atoms with E-state index in [0.29, 0.717) is 11.3 Å². The topological polar surface area (TPSA) is 113 Å². The number of H-pyrrole nitrogens is 1. The number of carboxylic acid groups (broad SMARTS) is 1. The number of rotatable bonds is 4. The zero-order valence-electron chi connectivity index (χ0n) is 11.3. The smallest absolute Gasteiger partial charge is 0.352 e. The highest BCUT2D eigenvalue weighted by Crippen LogP contribution is 2.23. The van der Waals surface area contributed by atoms with Crippen LogP contribution in [0.5, 0.6) is 0 Å². The molecule has 0 bridgehead atoms. The Morgan fingerprint density at radius 1 is 1.29 bits per heavy atom. The number of nitrogens with one attached hydrogen (secondary N) is 1. The molecule has 108 valence electrons. The number of hydrogen-bond acceptors (Lipinski definition) is 4. The highest BCUT2D eigenvalue weighted by Gasteiger charge is 2.23. The van der Waals surface area contributed by atoms with Gasteiger partial charge in [-0.2, -0.15) is 0 Å². The van der Waals surface area contributed by atoms with Crippen molar-refractivity contribution in [2.45, 2.75) is 13.8 Å². The van der Waals surface area contributed by atoms with E-state index in [-0.39, 0.29) is 22.5 Å². The van der Waals surface area contributed by atoms with Gasteiger partial charge in [-0.3, -0.25) is 14.9 Å². The highest BCUT2D eigenvalue weighted by molar-refractivity contribution is 6.12. The largest absolute Gasteiger partial charge is 0.477 e. The molecule has 7 nitrogen and oxygen atoms in total. The summed E-state index contributed by atoms with van der Waals surface area (Å²) in [7, 11) is 0. The van der Waals surface area contributed by atoms with Crippen LogP contribution < -0.4 is 0 Å². The maximum Gasteiger partial charge on any atom is 0.352 e. The number of carbonyl (C=O) groups excluding carboxylic acids is 1. The number of aromatic nitrogens is 1. The highest BCUT2D eigenvalue weighted by atomic mass is 16.6. The minimum atomic E-state index is -1.16. The van der Waals surface area contributed by atoms with Gasteiger partial charge in [-0.25, -0.2) is 4.79 Å². The van der Waals surface area contributed by atoms with Gasteiger partial charge in [0, 0.05) is 29.0 Å². The summed E-state index contributed by atoms with van der Waals surface area (Å²) in [5.41, 5.74) is 0.864. The van der Waals surface area contributed by atoms with Crippen LogP contribution in [0.2, 0.25) is 0 Å². The fourth-order valence-corrected chi connectivity index (χ4v) is 2.21. The Hall–Kier alpha value is -2.96. The summed E-state index contributed by atoms with van der Waals surface area (Å²) in [5.74, 6) is -1.61. The van der Waals surface area contributed by atoms with Gasteiger partial charge < -0.3 is 10.1 Å². The molecule has 1 aromatic carbocycles. The Kier molecular flexibility index (Phi) is 3.58. The number of ketones is 1. The number of nitro groups is 1. The molecule has 1 heterocycles. The van der Waals surface area contributed by atoms with Crippen LogP contribution in [-0.2, 0) is 0 Å². The molecular weight excluding hydrogens is 276 g/mol. The van der Waals surface area contributed by atoms with Gasteiger partial charge in [0.15, 0.2) is 5.78 Å². The Morgan fingerprint density at radius 3 is 2.48 bits per heavy atom. The molecule has 0 saturated heterocycles. The SMILES string of the molecule is Cc1[nH]c(C(=O)O)c(C)c1C(=O)c1cccc([N+](=O)[O-])c1. The molecule has 0 atom stereocenters. The van der Waals surface area contributed by atoms with Crippen molar-refractivity contribution in [2.75, 3.05) is 0 Å². The number of carbonyl (C=O) groups is 2. The van der Waals surface area contributed by atoms with Gasteiger partial charge in [0.05, 0.1) is 4.92 Å². The molecule has 7 heteroatoms. The molecule has 2 N–H and O–H groups in total. The van der Waals surface area contributed by atoms with Crippen molar-refractivity contribution in [3.8, 4) is 0 Å². The molecule has 0 unspecified atom stereocenters. The zero-order chi connectivity index (χ0) is 15.7. The molecule has 21 heavy (non-hydrogen) atoms. The van der Waals surface area contributed by atoms with E-state index >= 15 is 0 Å². The van der Waals surface area contributed by atoms with Crippen molar-refractivity contribution in [3.63, 3.8) is 0 Å². The number of carboxylic acids is 1. The Balaban J connectivity index is 2.53. The van der Waals surface area contributed by atoms with E-state index in [0.717, 1.165) is 0 Å². The first-order chi connectivity index (χ1) is 9.82. The molecule has 2 aromatic rings. The zero-order valence-corrected chi connectivity index (χ0v) is 11.3. The second-order valence-corrected chi connectivity index (χ2v) is 4.57. The van der Waals surface area contributed by atoms with Crippen LogP contribution in [0.1, 0.15) is 37.7 Å². The average Bonchev–Trinajstić information content (AvgIpc) is 2.73. The Labute approximate surface area is 119 Å². The molecule has 2 rings (SSSR count). The minimum Gasteiger partial charge on any atom is -0.477 e. The third kappa shape index (κ3) is 2.53. The van der Waals surface area contributed by atoms with Crippen LogP contribution in [0, 0.1) is 24.0 Å². The fourth-order valence-electron chi connectivity index (χ4n) is 2.21. The number of aryl methyl sites for hydroxylation is 1. The van der Waals surface area contributed by atoms with Crippen molar-refractivity contribution >= 4 is 17.4 Å². The van der Waals surface area contributed by atoms with Crippen molar-refractivity contribution in [2.24, 2.45) is 0 Å². The van der Waals surface area contributed by atoms with Crippen molar-refractivity contribution < 1.29 is 19.6 Å². The van der Waals surface area contributed by atoms with E-state index in [1.165, 1.54) is 31.2 Å². The predicted molar refractivity (Wildman–Crippen MR) is 73.8 cm³/mol. The van der Waals surface area contributed by atoms with Gasteiger partial charge in [-0.1, -0.05) is 12.1 Å². The number of non-ortho nitro benzene ring substituents is 1. The van der Waals surface area contributed by atoms with Crippen LogP contribution in [0.4, 0.5) is 5.69 Å². The lowest BCUT2D eigenvalue weighted by molar-refractivity contribution is -0.384. The van der Waals surface area contributed by atoms with Crippen molar-refractivity contribution in [1.29, 1.82) is 0 Å². The number of benzene rings is 1. The lowest BCUT2D eigenvalue weighted by Gasteiger charge is -2.02. The molecule has 0 radical (unpaired) electrons. The van der Waals surface area contributed by atoms with Crippen LogP contribution in [0.25, 0.3) is 0 Å². The molecule has 0 fully saturated rings.